The molecule has 0 saturated heterocycles. The minimum absolute atomic E-state index is 0.187. The van der Waals surface area contributed by atoms with Crippen molar-refractivity contribution >= 4 is 22.8 Å². The number of thioether (sulfide) groups is 1. The summed E-state index contributed by atoms with van der Waals surface area (Å²) in [5.74, 6) is 0.848. The van der Waals surface area contributed by atoms with E-state index in [1.807, 2.05) is 13.8 Å². The number of rotatable bonds is 3. The highest BCUT2D eigenvalue weighted by atomic mass is 32.2. The summed E-state index contributed by atoms with van der Waals surface area (Å²) in [5.41, 5.74) is 5.28. The zero-order chi connectivity index (χ0) is 10.7. The van der Waals surface area contributed by atoms with Gasteiger partial charge < -0.3 is 11.1 Å². The average molecular weight is 215 g/mol. The standard InChI is InChI=1S/C9H17N3OS/c1-5(2)7(8(10)13)12-9-11-6(3)4-14-9/h5-7H,4H2,1-3H3,(H2,10,13)(H,11,12). The Balaban J connectivity index is 2.56. The Morgan fingerprint density at radius 1 is 1.71 bits per heavy atom. The lowest BCUT2D eigenvalue weighted by atomic mass is 10.0. The van der Waals surface area contributed by atoms with Gasteiger partial charge in [0, 0.05) is 5.75 Å². The fraction of sp³-hybridized carbons (Fsp3) is 0.778. The molecule has 5 heteroatoms. The molecule has 0 fully saturated rings. The normalized spacial score (nSPS) is 23.4. The van der Waals surface area contributed by atoms with Gasteiger partial charge in [-0.1, -0.05) is 25.6 Å². The summed E-state index contributed by atoms with van der Waals surface area (Å²) < 4.78 is 0. The predicted octanol–water partition coefficient (Wildman–Crippen LogP) is 0.577. The summed E-state index contributed by atoms with van der Waals surface area (Å²) in [4.78, 5) is 15.5. The van der Waals surface area contributed by atoms with Gasteiger partial charge in [-0.2, -0.15) is 0 Å². The van der Waals surface area contributed by atoms with Crippen molar-refractivity contribution < 1.29 is 4.79 Å². The van der Waals surface area contributed by atoms with Gasteiger partial charge in [-0.05, 0) is 12.8 Å². The monoisotopic (exact) mass is 215 g/mol. The van der Waals surface area contributed by atoms with Crippen LogP contribution in [0.2, 0.25) is 0 Å². The van der Waals surface area contributed by atoms with E-state index >= 15 is 0 Å². The van der Waals surface area contributed by atoms with Crippen molar-refractivity contribution in [3.63, 3.8) is 0 Å². The Bertz CT molecular complexity index is 252. The number of nitrogens with one attached hydrogen (secondary N) is 1. The second-order valence-corrected chi connectivity index (χ2v) is 4.87. The molecule has 0 aromatic heterocycles. The number of carbonyl (C=O) groups excluding carboxylic acids is 1. The maximum atomic E-state index is 11.1. The minimum atomic E-state index is -0.317. The van der Waals surface area contributed by atoms with E-state index in [0.29, 0.717) is 6.04 Å². The fourth-order valence-electron chi connectivity index (χ4n) is 1.25. The summed E-state index contributed by atoms with van der Waals surface area (Å²) in [6, 6.07) is 0.0229. The summed E-state index contributed by atoms with van der Waals surface area (Å²) in [6.07, 6.45) is 0. The molecule has 0 aromatic carbocycles. The third kappa shape index (κ3) is 2.90. The Kier molecular flexibility index (Phi) is 3.80. The molecule has 4 nitrogen and oxygen atoms in total. The molecular formula is C9H17N3OS. The Morgan fingerprint density at radius 3 is 2.71 bits per heavy atom. The minimum Gasteiger partial charge on any atom is -0.368 e. The first-order valence-electron chi connectivity index (χ1n) is 4.77. The van der Waals surface area contributed by atoms with Crippen molar-refractivity contribution in [2.24, 2.45) is 16.6 Å². The average Bonchev–Trinajstić information content (AvgIpc) is 2.46. The molecule has 1 aliphatic heterocycles. The van der Waals surface area contributed by atoms with Gasteiger partial charge in [0.25, 0.3) is 0 Å². The zero-order valence-corrected chi connectivity index (χ0v) is 9.60. The number of nitrogens with zero attached hydrogens (tertiary/aromatic N) is 1. The van der Waals surface area contributed by atoms with Gasteiger partial charge in [-0.15, -0.1) is 0 Å². The molecule has 0 bridgehead atoms. The van der Waals surface area contributed by atoms with Gasteiger partial charge in [0.05, 0.1) is 6.04 Å². The SMILES string of the molecule is CC1CSC(NC(C(N)=O)C(C)C)=N1. The summed E-state index contributed by atoms with van der Waals surface area (Å²) in [7, 11) is 0. The highest BCUT2D eigenvalue weighted by Gasteiger charge is 2.23. The number of primary amides is 1. The van der Waals surface area contributed by atoms with Crippen LogP contribution in [0.3, 0.4) is 0 Å². The van der Waals surface area contributed by atoms with Gasteiger partial charge in [0.15, 0.2) is 5.17 Å². The molecule has 14 heavy (non-hydrogen) atoms. The van der Waals surface area contributed by atoms with Crippen LogP contribution in [0.15, 0.2) is 4.99 Å². The van der Waals surface area contributed by atoms with E-state index in [2.05, 4.69) is 17.2 Å². The van der Waals surface area contributed by atoms with Gasteiger partial charge >= 0.3 is 0 Å². The molecule has 0 aliphatic carbocycles. The lowest BCUT2D eigenvalue weighted by Crippen LogP contribution is -2.46. The van der Waals surface area contributed by atoms with Crippen molar-refractivity contribution in [2.75, 3.05) is 5.75 Å². The smallest absolute Gasteiger partial charge is 0.240 e. The van der Waals surface area contributed by atoms with Crippen molar-refractivity contribution in [3.05, 3.63) is 0 Å². The van der Waals surface area contributed by atoms with Gasteiger partial charge in [-0.25, -0.2) is 0 Å². The van der Waals surface area contributed by atoms with Gasteiger partial charge in [0.1, 0.15) is 6.04 Å². The molecule has 0 radical (unpaired) electrons. The maximum Gasteiger partial charge on any atom is 0.240 e. The number of nitrogens with two attached hydrogens (primary N) is 1. The largest absolute Gasteiger partial charge is 0.368 e. The molecule has 80 valence electrons. The zero-order valence-electron chi connectivity index (χ0n) is 8.78. The molecule has 2 unspecified atom stereocenters. The third-order valence-corrected chi connectivity index (χ3v) is 3.20. The number of hydrogen-bond donors (Lipinski definition) is 2. The quantitative estimate of drug-likeness (QED) is 0.723. The molecule has 0 aromatic rings. The topological polar surface area (TPSA) is 67.5 Å². The van der Waals surface area contributed by atoms with E-state index in [0.717, 1.165) is 10.9 Å². The van der Waals surface area contributed by atoms with E-state index in [1.54, 1.807) is 11.8 Å². The first-order chi connectivity index (χ1) is 6.50. The first kappa shape index (κ1) is 11.4. The van der Waals surface area contributed by atoms with Crippen LogP contribution >= 0.6 is 11.8 Å². The molecule has 0 saturated carbocycles. The highest BCUT2D eigenvalue weighted by molar-refractivity contribution is 8.14. The van der Waals surface area contributed by atoms with Crippen LogP contribution < -0.4 is 11.1 Å². The Labute approximate surface area is 88.7 Å². The van der Waals surface area contributed by atoms with Crippen molar-refractivity contribution in [1.82, 2.24) is 5.32 Å². The first-order valence-corrected chi connectivity index (χ1v) is 5.75. The van der Waals surface area contributed by atoms with E-state index in [1.165, 1.54) is 0 Å². The highest BCUT2D eigenvalue weighted by Crippen LogP contribution is 2.17. The summed E-state index contributed by atoms with van der Waals surface area (Å²) in [6.45, 7) is 5.98. The molecule has 3 N–H and O–H groups in total. The van der Waals surface area contributed by atoms with Crippen molar-refractivity contribution in [1.29, 1.82) is 0 Å². The lowest BCUT2D eigenvalue weighted by molar-refractivity contribution is -0.120. The molecule has 1 amide bonds. The Hall–Kier alpha value is -0.710. The molecule has 2 atom stereocenters. The number of carbonyl (C=O) groups is 1. The van der Waals surface area contributed by atoms with E-state index in [-0.39, 0.29) is 17.9 Å². The van der Waals surface area contributed by atoms with E-state index in [9.17, 15) is 4.79 Å². The number of amidine groups is 1. The van der Waals surface area contributed by atoms with Gasteiger partial charge in [-0.3, -0.25) is 9.79 Å². The number of aliphatic imine (C=N–C) groups is 1. The van der Waals surface area contributed by atoms with Crippen LogP contribution in [0, 0.1) is 5.92 Å². The third-order valence-electron chi connectivity index (χ3n) is 2.05. The van der Waals surface area contributed by atoms with Crippen LogP contribution in [0.4, 0.5) is 0 Å². The van der Waals surface area contributed by atoms with Crippen molar-refractivity contribution in [2.45, 2.75) is 32.9 Å². The van der Waals surface area contributed by atoms with Crippen LogP contribution in [0.1, 0.15) is 20.8 Å². The summed E-state index contributed by atoms with van der Waals surface area (Å²) in [5, 5.41) is 3.93. The molecule has 0 spiro atoms. The second kappa shape index (κ2) is 4.68. The van der Waals surface area contributed by atoms with E-state index in [4.69, 9.17) is 5.73 Å². The molecule has 1 heterocycles. The number of hydrogen-bond acceptors (Lipinski definition) is 4. The Morgan fingerprint density at radius 2 is 2.36 bits per heavy atom. The molecule has 1 aliphatic rings. The second-order valence-electron chi connectivity index (χ2n) is 3.86. The van der Waals surface area contributed by atoms with Crippen molar-refractivity contribution in [3.8, 4) is 0 Å². The van der Waals surface area contributed by atoms with Crippen LogP contribution in [-0.2, 0) is 4.79 Å². The van der Waals surface area contributed by atoms with Crippen LogP contribution in [-0.4, -0.2) is 28.9 Å². The predicted molar refractivity (Wildman–Crippen MR) is 60.3 cm³/mol. The fourth-order valence-corrected chi connectivity index (χ4v) is 2.19. The lowest BCUT2D eigenvalue weighted by Gasteiger charge is -2.19. The molecule has 1 rings (SSSR count). The van der Waals surface area contributed by atoms with E-state index < -0.39 is 0 Å². The molecular weight excluding hydrogens is 198 g/mol. The van der Waals surface area contributed by atoms with Crippen LogP contribution in [0.25, 0.3) is 0 Å². The number of amides is 1. The maximum absolute atomic E-state index is 11.1. The van der Waals surface area contributed by atoms with Crippen LogP contribution in [0.5, 0.6) is 0 Å². The van der Waals surface area contributed by atoms with Gasteiger partial charge in [0.2, 0.25) is 5.91 Å². The summed E-state index contributed by atoms with van der Waals surface area (Å²) >= 11 is 1.64.